The molecule has 0 bridgehead atoms. The SMILES string of the molecule is C=C/C(=C\C(=C)OCCOCN(Cc1ccc(Cl)cc1)/C(C(=O)N(C)C=O)=C(\N=C)N(C)C)OC(F)(F)F. The van der Waals surface area contributed by atoms with Gasteiger partial charge in [0.05, 0.1) is 6.61 Å². The molecule has 0 aromatic heterocycles. The van der Waals surface area contributed by atoms with Crippen LogP contribution in [0.4, 0.5) is 13.2 Å². The molecule has 0 fully saturated rings. The first-order valence-electron chi connectivity index (χ1n) is 10.9. The molecule has 0 aliphatic heterocycles. The average Bonchev–Trinajstić information content (AvgIpc) is 2.85. The van der Waals surface area contributed by atoms with Crippen LogP contribution in [0.2, 0.25) is 5.02 Å². The number of amides is 2. The van der Waals surface area contributed by atoms with Crippen molar-refractivity contribution in [1.29, 1.82) is 0 Å². The standard InChI is InChI=1S/C25H30ClF3N4O5/c1-7-21(38-25(27,28)29)14-18(2)37-13-12-36-17-33(15-19-8-10-20(26)11-9-19)22(23(30-3)31(4)5)24(35)32(6)16-34/h7-11,14,16H,1-3,12-13,15,17H2,4-6H3/b21-14+,23-22+. The summed E-state index contributed by atoms with van der Waals surface area (Å²) in [7, 11) is 4.62. The third-order valence-electron chi connectivity index (χ3n) is 4.57. The number of nitrogens with zero attached hydrogens (tertiary/aromatic N) is 4. The van der Waals surface area contributed by atoms with Crippen LogP contribution >= 0.6 is 11.6 Å². The summed E-state index contributed by atoms with van der Waals surface area (Å²) in [5.41, 5.74) is 0.818. The topological polar surface area (TPSA) is 83.9 Å². The molecule has 0 heterocycles. The Morgan fingerprint density at radius 2 is 1.79 bits per heavy atom. The first-order valence-corrected chi connectivity index (χ1v) is 11.3. The summed E-state index contributed by atoms with van der Waals surface area (Å²) in [5.74, 6) is -1.15. The number of hydrogen-bond acceptors (Lipinski definition) is 8. The zero-order chi connectivity index (χ0) is 28.9. The molecule has 1 aromatic rings. The fourth-order valence-electron chi connectivity index (χ4n) is 2.89. The highest BCUT2D eigenvalue weighted by Crippen LogP contribution is 2.22. The van der Waals surface area contributed by atoms with Gasteiger partial charge in [-0.3, -0.25) is 14.5 Å². The van der Waals surface area contributed by atoms with Gasteiger partial charge in [0.2, 0.25) is 6.41 Å². The summed E-state index contributed by atoms with van der Waals surface area (Å²) in [5, 5.41) is 0.525. The smallest absolute Gasteiger partial charge is 0.492 e. The number of rotatable bonds is 16. The lowest BCUT2D eigenvalue weighted by Crippen LogP contribution is -2.39. The van der Waals surface area contributed by atoms with Crippen molar-refractivity contribution in [2.75, 3.05) is 41.1 Å². The van der Waals surface area contributed by atoms with Gasteiger partial charge in [-0.05, 0) is 30.5 Å². The van der Waals surface area contributed by atoms with Crippen molar-refractivity contribution in [3.05, 3.63) is 83.2 Å². The molecule has 2 amide bonds. The summed E-state index contributed by atoms with van der Waals surface area (Å²) >= 11 is 5.98. The molecule has 208 valence electrons. The van der Waals surface area contributed by atoms with Gasteiger partial charge in [0.15, 0.2) is 5.82 Å². The minimum absolute atomic E-state index is 0.0304. The van der Waals surface area contributed by atoms with Gasteiger partial charge in [-0.25, -0.2) is 4.99 Å². The maximum absolute atomic E-state index is 13.1. The summed E-state index contributed by atoms with van der Waals surface area (Å²) in [6.45, 7) is 10.2. The molecule has 0 aliphatic rings. The first kappa shape index (κ1) is 32.3. The van der Waals surface area contributed by atoms with E-state index < -0.39 is 18.0 Å². The predicted octanol–water partition coefficient (Wildman–Crippen LogP) is 4.30. The monoisotopic (exact) mass is 558 g/mol. The second-order valence-corrected chi connectivity index (χ2v) is 8.16. The number of ether oxygens (including phenoxy) is 3. The maximum atomic E-state index is 13.1. The Kier molecular flexibility index (Phi) is 13.1. The van der Waals surface area contributed by atoms with E-state index >= 15 is 0 Å². The second-order valence-electron chi connectivity index (χ2n) is 7.72. The number of aliphatic imine (C=N–C) groups is 1. The van der Waals surface area contributed by atoms with E-state index in [2.05, 4.69) is 29.6 Å². The minimum atomic E-state index is -4.89. The van der Waals surface area contributed by atoms with E-state index in [1.54, 1.807) is 48.2 Å². The van der Waals surface area contributed by atoms with Gasteiger partial charge in [0, 0.05) is 38.8 Å². The number of carbonyl (C=O) groups excluding carboxylic acids is 2. The van der Waals surface area contributed by atoms with Crippen molar-refractivity contribution in [2.45, 2.75) is 12.9 Å². The van der Waals surface area contributed by atoms with Crippen LogP contribution in [-0.4, -0.2) is 81.2 Å². The number of halogens is 4. The van der Waals surface area contributed by atoms with E-state index in [4.69, 9.17) is 21.1 Å². The number of alkyl halides is 3. The van der Waals surface area contributed by atoms with Crippen LogP contribution in [-0.2, 0) is 30.3 Å². The molecule has 0 N–H and O–H groups in total. The molecule has 0 radical (unpaired) electrons. The van der Waals surface area contributed by atoms with Crippen LogP contribution in [0.5, 0.6) is 0 Å². The quantitative estimate of drug-likeness (QED) is 0.0569. The summed E-state index contributed by atoms with van der Waals surface area (Å²) in [6, 6.07) is 6.89. The Morgan fingerprint density at radius 1 is 1.16 bits per heavy atom. The Morgan fingerprint density at radius 3 is 2.29 bits per heavy atom. The van der Waals surface area contributed by atoms with E-state index in [9.17, 15) is 22.8 Å². The van der Waals surface area contributed by atoms with Crippen molar-refractivity contribution in [3.8, 4) is 0 Å². The van der Waals surface area contributed by atoms with E-state index in [0.29, 0.717) is 11.4 Å². The zero-order valence-electron chi connectivity index (χ0n) is 21.3. The van der Waals surface area contributed by atoms with Crippen molar-refractivity contribution < 1.29 is 37.0 Å². The van der Waals surface area contributed by atoms with Gasteiger partial charge < -0.3 is 24.0 Å². The maximum Gasteiger partial charge on any atom is 0.573 e. The van der Waals surface area contributed by atoms with Crippen molar-refractivity contribution in [3.63, 3.8) is 0 Å². The van der Waals surface area contributed by atoms with E-state index in [1.807, 2.05) is 0 Å². The lowest BCUT2D eigenvalue weighted by atomic mass is 10.2. The highest BCUT2D eigenvalue weighted by molar-refractivity contribution is 6.30. The van der Waals surface area contributed by atoms with Crippen LogP contribution in [0.3, 0.4) is 0 Å². The number of carbonyl (C=O) groups is 2. The molecular weight excluding hydrogens is 529 g/mol. The highest BCUT2D eigenvalue weighted by Gasteiger charge is 2.31. The zero-order valence-corrected chi connectivity index (χ0v) is 22.1. The number of allylic oxidation sites excluding steroid dienone is 2. The molecule has 0 atom stereocenters. The van der Waals surface area contributed by atoms with Gasteiger partial charge in [-0.15, -0.1) is 13.2 Å². The van der Waals surface area contributed by atoms with Crippen LogP contribution in [0.1, 0.15) is 5.56 Å². The Bertz CT molecular complexity index is 1060. The lowest BCUT2D eigenvalue weighted by molar-refractivity contribution is -0.303. The molecule has 9 nitrogen and oxygen atoms in total. The molecular formula is C25H30ClF3N4O5. The summed E-state index contributed by atoms with van der Waals surface area (Å²) in [6.07, 6.45) is -2.72. The largest absolute Gasteiger partial charge is 0.573 e. The molecule has 0 saturated carbocycles. The van der Waals surface area contributed by atoms with Gasteiger partial charge in [-0.1, -0.05) is 36.9 Å². The molecule has 0 unspecified atom stereocenters. The Labute approximate surface area is 224 Å². The first-order chi connectivity index (χ1) is 17.8. The average molecular weight is 559 g/mol. The van der Waals surface area contributed by atoms with Gasteiger partial charge >= 0.3 is 6.36 Å². The molecule has 0 spiro atoms. The summed E-state index contributed by atoms with van der Waals surface area (Å²) in [4.78, 5) is 32.4. The fourth-order valence-corrected chi connectivity index (χ4v) is 3.01. The molecule has 13 heteroatoms. The van der Waals surface area contributed by atoms with Crippen LogP contribution in [0, 0.1) is 0 Å². The van der Waals surface area contributed by atoms with Gasteiger partial charge in [-0.2, -0.15) is 0 Å². The van der Waals surface area contributed by atoms with Crippen molar-refractivity contribution in [1.82, 2.24) is 14.7 Å². The number of imide groups is 1. The Hall–Kier alpha value is -3.77. The number of benzene rings is 1. The minimum Gasteiger partial charge on any atom is -0.492 e. The molecule has 1 aromatic carbocycles. The van der Waals surface area contributed by atoms with Gasteiger partial charge in [0.1, 0.15) is 30.6 Å². The number of hydrogen-bond donors (Lipinski definition) is 0. The fraction of sp³-hybridized carbons (Fsp3) is 0.320. The third kappa shape index (κ3) is 11.1. The molecule has 38 heavy (non-hydrogen) atoms. The second kappa shape index (κ2) is 15.5. The van der Waals surface area contributed by atoms with E-state index in [1.165, 1.54) is 7.05 Å². The van der Waals surface area contributed by atoms with E-state index in [-0.39, 0.29) is 43.8 Å². The highest BCUT2D eigenvalue weighted by atomic mass is 35.5. The Balaban J connectivity index is 3.07. The molecule has 0 aliphatic carbocycles. The van der Waals surface area contributed by atoms with Crippen LogP contribution in [0.15, 0.2) is 77.6 Å². The van der Waals surface area contributed by atoms with Crippen LogP contribution < -0.4 is 0 Å². The normalized spacial score (nSPS) is 12.1. The molecule has 1 rings (SSSR count). The third-order valence-corrected chi connectivity index (χ3v) is 4.82. The predicted molar refractivity (Wildman–Crippen MR) is 137 cm³/mol. The van der Waals surface area contributed by atoms with E-state index in [0.717, 1.165) is 22.6 Å². The van der Waals surface area contributed by atoms with Gasteiger partial charge in [0.25, 0.3) is 5.91 Å². The lowest BCUT2D eigenvalue weighted by Gasteiger charge is -2.30. The molecule has 0 saturated heterocycles. The van der Waals surface area contributed by atoms with Crippen molar-refractivity contribution >= 4 is 30.6 Å². The number of likely N-dealkylation sites (N-methyl/N-ethyl adjacent to an activating group) is 1. The summed E-state index contributed by atoms with van der Waals surface area (Å²) < 4.78 is 51.9. The van der Waals surface area contributed by atoms with Crippen LogP contribution in [0.25, 0.3) is 0 Å². The van der Waals surface area contributed by atoms with Crippen molar-refractivity contribution in [2.24, 2.45) is 4.99 Å².